The fourth-order valence-electron chi connectivity index (χ4n) is 2.90. The van der Waals surface area contributed by atoms with Gasteiger partial charge in [-0.2, -0.15) is 0 Å². The molecule has 0 radical (unpaired) electrons. The first-order valence-electron chi connectivity index (χ1n) is 7.35. The standard InChI is InChI=1S/C18H18N2O2/c21-16-13-19-17(22)18(20-16,11-14-7-3-1-4-8-14)12-15-9-5-2-6-10-15/h1-10H,11-13H2,(H,19,22)(H,20,21). The molecule has 0 atom stereocenters. The van der Waals surface area contributed by atoms with Gasteiger partial charge in [-0.15, -0.1) is 0 Å². The molecular formula is C18H18N2O2. The third-order valence-electron chi connectivity index (χ3n) is 3.92. The van der Waals surface area contributed by atoms with Crippen LogP contribution in [0.4, 0.5) is 0 Å². The largest absolute Gasteiger partial charge is 0.345 e. The number of hydrogen-bond acceptors (Lipinski definition) is 2. The molecule has 0 aromatic heterocycles. The monoisotopic (exact) mass is 294 g/mol. The number of benzene rings is 2. The van der Waals surface area contributed by atoms with Crippen LogP contribution in [0.15, 0.2) is 60.7 Å². The van der Waals surface area contributed by atoms with Crippen LogP contribution < -0.4 is 10.6 Å². The normalized spacial score (nSPS) is 16.7. The van der Waals surface area contributed by atoms with E-state index in [2.05, 4.69) is 10.6 Å². The molecule has 0 aliphatic carbocycles. The fourth-order valence-corrected chi connectivity index (χ4v) is 2.90. The summed E-state index contributed by atoms with van der Waals surface area (Å²) >= 11 is 0. The molecule has 0 unspecified atom stereocenters. The summed E-state index contributed by atoms with van der Waals surface area (Å²) in [5, 5.41) is 5.64. The predicted molar refractivity (Wildman–Crippen MR) is 84.2 cm³/mol. The highest BCUT2D eigenvalue weighted by molar-refractivity contribution is 5.98. The molecule has 2 N–H and O–H groups in total. The van der Waals surface area contributed by atoms with Gasteiger partial charge in [0.2, 0.25) is 11.8 Å². The summed E-state index contributed by atoms with van der Waals surface area (Å²) in [6.45, 7) is 0.0458. The average Bonchev–Trinajstić information content (AvgIpc) is 2.53. The van der Waals surface area contributed by atoms with E-state index in [9.17, 15) is 9.59 Å². The first kappa shape index (κ1) is 14.3. The minimum absolute atomic E-state index is 0.0458. The van der Waals surface area contributed by atoms with E-state index in [1.54, 1.807) is 0 Å². The lowest BCUT2D eigenvalue weighted by molar-refractivity contribution is -0.138. The molecule has 1 aliphatic heterocycles. The van der Waals surface area contributed by atoms with Crippen LogP contribution in [0.25, 0.3) is 0 Å². The first-order valence-corrected chi connectivity index (χ1v) is 7.35. The second kappa shape index (κ2) is 6.02. The van der Waals surface area contributed by atoms with Crippen LogP contribution in [0.5, 0.6) is 0 Å². The van der Waals surface area contributed by atoms with Crippen LogP contribution in [-0.4, -0.2) is 23.9 Å². The van der Waals surface area contributed by atoms with E-state index in [0.717, 1.165) is 11.1 Å². The second-order valence-electron chi connectivity index (χ2n) is 5.64. The van der Waals surface area contributed by atoms with Crippen molar-refractivity contribution in [2.24, 2.45) is 0 Å². The first-order chi connectivity index (χ1) is 10.7. The quantitative estimate of drug-likeness (QED) is 0.897. The zero-order chi connectivity index (χ0) is 15.4. The smallest absolute Gasteiger partial charge is 0.246 e. The van der Waals surface area contributed by atoms with E-state index in [-0.39, 0.29) is 18.4 Å². The molecule has 3 rings (SSSR count). The third-order valence-corrected chi connectivity index (χ3v) is 3.92. The summed E-state index contributed by atoms with van der Waals surface area (Å²) in [6.07, 6.45) is 0.945. The van der Waals surface area contributed by atoms with Crippen molar-refractivity contribution < 1.29 is 9.59 Å². The third kappa shape index (κ3) is 3.01. The van der Waals surface area contributed by atoms with Crippen molar-refractivity contribution in [2.45, 2.75) is 18.4 Å². The van der Waals surface area contributed by atoms with Gasteiger partial charge in [0.15, 0.2) is 0 Å². The molecule has 1 saturated heterocycles. The van der Waals surface area contributed by atoms with Crippen molar-refractivity contribution in [1.29, 1.82) is 0 Å². The molecule has 0 bridgehead atoms. The van der Waals surface area contributed by atoms with Crippen molar-refractivity contribution in [1.82, 2.24) is 10.6 Å². The SMILES string of the molecule is O=C1CNC(=O)C(Cc2ccccc2)(Cc2ccccc2)N1. The lowest BCUT2D eigenvalue weighted by Gasteiger charge is -2.37. The number of rotatable bonds is 4. The fraction of sp³-hybridized carbons (Fsp3) is 0.222. The van der Waals surface area contributed by atoms with Crippen LogP contribution in [0.3, 0.4) is 0 Å². The van der Waals surface area contributed by atoms with E-state index in [1.807, 2.05) is 60.7 Å². The molecule has 1 fully saturated rings. The van der Waals surface area contributed by atoms with E-state index in [1.165, 1.54) is 0 Å². The van der Waals surface area contributed by atoms with Crippen LogP contribution in [-0.2, 0) is 22.4 Å². The van der Waals surface area contributed by atoms with Gasteiger partial charge in [0.25, 0.3) is 0 Å². The van der Waals surface area contributed by atoms with Gasteiger partial charge in [-0.25, -0.2) is 0 Å². The van der Waals surface area contributed by atoms with Gasteiger partial charge >= 0.3 is 0 Å². The highest BCUT2D eigenvalue weighted by atomic mass is 16.2. The predicted octanol–water partition coefficient (Wildman–Crippen LogP) is 1.46. The summed E-state index contributed by atoms with van der Waals surface area (Å²) in [5.74, 6) is -0.272. The van der Waals surface area contributed by atoms with E-state index in [4.69, 9.17) is 0 Å². The van der Waals surface area contributed by atoms with Crippen molar-refractivity contribution in [3.8, 4) is 0 Å². The summed E-state index contributed by atoms with van der Waals surface area (Å²) in [6, 6.07) is 19.5. The Hall–Kier alpha value is -2.62. The Morgan fingerprint density at radius 3 is 1.82 bits per heavy atom. The van der Waals surface area contributed by atoms with Crippen molar-refractivity contribution >= 4 is 11.8 Å². The Balaban J connectivity index is 1.94. The average molecular weight is 294 g/mol. The zero-order valence-corrected chi connectivity index (χ0v) is 12.2. The second-order valence-corrected chi connectivity index (χ2v) is 5.64. The van der Waals surface area contributed by atoms with Crippen molar-refractivity contribution in [2.75, 3.05) is 6.54 Å². The molecule has 1 heterocycles. The Morgan fingerprint density at radius 2 is 1.32 bits per heavy atom. The van der Waals surface area contributed by atoms with Crippen LogP contribution in [0, 0.1) is 0 Å². The van der Waals surface area contributed by atoms with E-state index >= 15 is 0 Å². The molecule has 2 aromatic rings. The maximum Gasteiger partial charge on any atom is 0.246 e. The molecule has 0 spiro atoms. The highest BCUT2D eigenvalue weighted by Crippen LogP contribution is 2.21. The molecule has 4 nitrogen and oxygen atoms in total. The maximum absolute atomic E-state index is 12.5. The van der Waals surface area contributed by atoms with Crippen molar-refractivity contribution in [3.63, 3.8) is 0 Å². The molecule has 4 heteroatoms. The van der Waals surface area contributed by atoms with Gasteiger partial charge in [0.1, 0.15) is 5.54 Å². The minimum atomic E-state index is -0.933. The molecule has 22 heavy (non-hydrogen) atoms. The summed E-state index contributed by atoms with van der Waals surface area (Å²) in [7, 11) is 0. The Bertz CT molecular complexity index is 627. The summed E-state index contributed by atoms with van der Waals surface area (Å²) in [5.41, 5.74) is 1.12. The number of piperazine rings is 1. The Morgan fingerprint density at radius 1 is 0.818 bits per heavy atom. The van der Waals surface area contributed by atoms with Crippen LogP contribution >= 0.6 is 0 Å². The van der Waals surface area contributed by atoms with E-state index in [0.29, 0.717) is 12.8 Å². The van der Waals surface area contributed by atoms with Gasteiger partial charge in [-0.1, -0.05) is 60.7 Å². The lowest BCUT2D eigenvalue weighted by atomic mass is 9.82. The Kier molecular flexibility index (Phi) is 3.92. The molecular weight excluding hydrogens is 276 g/mol. The number of amides is 2. The van der Waals surface area contributed by atoms with Crippen LogP contribution in [0.2, 0.25) is 0 Å². The number of carbonyl (C=O) groups excluding carboxylic acids is 2. The number of hydrogen-bond donors (Lipinski definition) is 2. The molecule has 112 valence electrons. The van der Waals surface area contributed by atoms with Gasteiger partial charge in [0, 0.05) is 12.8 Å². The topological polar surface area (TPSA) is 58.2 Å². The zero-order valence-electron chi connectivity index (χ0n) is 12.2. The summed E-state index contributed by atoms with van der Waals surface area (Å²) < 4.78 is 0. The van der Waals surface area contributed by atoms with Gasteiger partial charge in [-0.05, 0) is 11.1 Å². The Labute approximate surface area is 129 Å². The maximum atomic E-state index is 12.5. The highest BCUT2D eigenvalue weighted by Gasteiger charge is 2.42. The molecule has 1 aliphatic rings. The lowest BCUT2D eigenvalue weighted by Crippen LogP contribution is -2.67. The van der Waals surface area contributed by atoms with Crippen molar-refractivity contribution in [3.05, 3.63) is 71.8 Å². The number of nitrogens with one attached hydrogen (secondary N) is 2. The van der Waals surface area contributed by atoms with Gasteiger partial charge < -0.3 is 10.6 Å². The summed E-state index contributed by atoms with van der Waals surface area (Å²) in [4.78, 5) is 24.4. The number of carbonyl (C=O) groups is 2. The minimum Gasteiger partial charge on any atom is -0.345 e. The molecule has 2 aromatic carbocycles. The van der Waals surface area contributed by atoms with Crippen LogP contribution in [0.1, 0.15) is 11.1 Å². The van der Waals surface area contributed by atoms with Gasteiger partial charge in [0.05, 0.1) is 6.54 Å². The van der Waals surface area contributed by atoms with E-state index < -0.39 is 5.54 Å². The molecule has 2 amide bonds. The molecule has 0 saturated carbocycles. The van der Waals surface area contributed by atoms with Gasteiger partial charge in [-0.3, -0.25) is 9.59 Å².